The lowest BCUT2D eigenvalue weighted by atomic mass is 9.92. The first kappa shape index (κ1) is 24.3. The van der Waals surface area contributed by atoms with Crippen molar-refractivity contribution in [3.8, 4) is 0 Å². The first-order valence-corrected chi connectivity index (χ1v) is 9.25. The summed E-state index contributed by atoms with van der Waals surface area (Å²) >= 11 is 5.55. The van der Waals surface area contributed by atoms with Crippen LogP contribution < -0.4 is 0 Å². The van der Waals surface area contributed by atoms with Crippen molar-refractivity contribution in [2.75, 3.05) is 13.2 Å². The quantitative estimate of drug-likeness (QED) is 0.311. The molecule has 28 heavy (non-hydrogen) atoms. The number of carbonyl (C=O) groups excluding carboxylic acids is 4. The highest BCUT2D eigenvalue weighted by Crippen LogP contribution is 2.29. The van der Waals surface area contributed by atoms with Crippen molar-refractivity contribution < 1.29 is 42.9 Å². The van der Waals surface area contributed by atoms with Crippen molar-refractivity contribution in [1.82, 2.24) is 0 Å². The molecule has 9 nitrogen and oxygen atoms in total. The zero-order valence-corrected chi connectivity index (χ0v) is 17.4. The lowest BCUT2D eigenvalue weighted by Gasteiger charge is -2.40. The van der Waals surface area contributed by atoms with Crippen molar-refractivity contribution in [3.05, 3.63) is 0 Å². The molecular formula is C18H27ClO9. The van der Waals surface area contributed by atoms with Gasteiger partial charge < -0.3 is 23.7 Å². The minimum absolute atomic E-state index is 0.101. The number of esters is 3. The van der Waals surface area contributed by atoms with Crippen molar-refractivity contribution in [3.63, 3.8) is 0 Å². The molecule has 4 unspecified atom stereocenters. The van der Waals surface area contributed by atoms with Gasteiger partial charge in [-0.15, -0.1) is 0 Å². The molecule has 0 bridgehead atoms. The molecule has 0 amide bonds. The maximum atomic E-state index is 11.5. The van der Waals surface area contributed by atoms with Crippen LogP contribution in [0.3, 0.4) is 0 Å². The number of hydrogen-bond acceptors (Lipinski definition) is 9. The van der Waals surface area contributed by atoms with Gasteiger partial charge in [0.05, 0.1) is 6.61 Å². The molecule has 1 fully saturated rings. The fourth-order valence-electron chi connectivity index (χ4n) is 2.55. The van der Waals surface area contributed by atoms with Gasteiger partial charge in [0.15, 0.2) is 12.4 Å². The fourth-order valence-corrected chi connectivity index (χ4v) is 2.64. The Morgan fingerprint density at radius 1 is 1.04 bits per heavy atom. The fraction of sp³-hybridized carbons (Fsp3) is 0.778. The van der Waals surface area contributed by atoms with Gasteiger partial charge in [-0.2, -0.15) is 0 Å². The van der Waals surface area contributed by atoms with Crippen LogP contribution >= 0.6 is 11.6 Å². The highest BCUT2D eigenvalue weighted by Gasteiger charge is 2.44. The minimum atomic E-state index is -0.957. The second-order valence-electron chi connectivity index (χ2n) is 7.14. The minimum Gasteiger partial charge on any atom is -0.463 e. The first-order valence-electron chi connectivity index (χ1n) is 8.87. The highest BCUT2D eigenvalue weighted by atomic mass is 35.5. The molecule has 1 rings (SSSR count). The zero-order valence-electron chi connectivity index (χ0n) is 16.7. The molecule has 0 aromatic rings. The molecule has 0 N–H and O–H groups in total. The summed E-state index contributed by atoms with van der Waals surface area (Å²) in [5.41, 5.74) is -0.775. The van der Waals surface area contributed by atoms with Crippen LogP contribution in [0.1, 0.15) is 47.5 Å². The average Bonchev–Trinajstić information content (AvgIpc) is 2.54. The molecule has 0 aliphatic carbocycles. The zero-order chi connectivity index (χ0) is 21.5. The van der Waals surface area contributed by atoms with Gasteiger partial charge in [-0.05, 0) is 18.0 Å². The van der Waals surface area contributed by atoms with E-state index in [0.717, 1.165) is 0 Å². The normalized spacial score (nSPS) is 24.9. The van der Waals surface area contributed by atoms with Gasteiger partial charge in [0.1, 0.15) is 18.8 Å². The van der Waals surface area contributed by atoms with Gasteiger partial charge in [0, 0.05) is 32.6 Å². The van der Waals surface area contributed by atoms with Crippen molar-refractivity contribution in [1.29, 1.82) is 0 Å². The summed E-state index contributed by atoms with van der Waals surface area (Å²) in [5, 5.41) is -0.485. The molecule has 0 saturated carbocycles. The van der Waals surface area contributed by atoms with Gasteiger partial charge >= 0.3 is 17.9 Å². The maximum Gasteiger partial charge on any atom is 0.303 e. The highest BCUT2D eigenvalue weighted by molar-refractivity contribution is 6.64. The monoisotopic (exact) mass is 422 g/mol. The van der Waals surface area contributed by atoms with E-state index in [1.807, 2.05) is 0 Å². The Morgan fingerprint density at radius 2 is 1.64 bits per heavy atom. The van der Waals surface area contributed by atoms with Crippen molar-refractivity contribution in [2.45, 2.75) is 72.1 Å². The SMILES string of the molecule is CC(=O)OCC1OC(OCCC(C)(C)C(=O)Cl)CC(OC(C)=O)C1OC(C)=O. The summed E-state index contributed by atoms with van der Waals surface area (Å²) in [5.74, 6) is -1.71. The van der Waals surface area contributed by atoms with Crippen LogP contribution in [0.25, 0.3) is 0 Å². The molecule has 0 spiro atoms. The number of hydrogen-bond donors (Lipinski definition) is 0. The van der Waals surface area contributed by atoms with E-state index in [4.69, 9.17) is 35.3 Å². The summed E-state index contributed by atoms with van der Waals surface area (Å²) in [6.07, 6.45) is -3.07. The van der Waals surface area contributed by atoms with E-state index in [2.05, 4.69) is 0 Å². The van der Waals surface area contributed by atoms with Gasteiger partial charge in [0.2, 0.25) is 5.24 Å². The third kappa shape index (κ3) is 8.12. The van der Waals surface area contributed by atoms with E-state index >= 15 is 0 Å². The summed E-state index contributed by atoms with van der Waals surface area (Å²) in [6, 6.07) is 0. The van der Waals surface area contributed by atoms with Crippen LogP contribution in [-0.2, 0) is 42.9 Å². The van der Waals surface area contributed by atoms with Crippen molar-refractivity contribution in [2.24, 2.45) is 5.41 Å². The number of carbonyl (C=O) groups is 4. The van der Waals surface area contributed by atoms with Crippen LogP contribution in [-0.4, -0.2) is 61.0 Å². The van der Waals surface area contributed by atoms with Gasteiger partial charge in [-0.3, -0.25) is 19.2 Å². The molecular weight excluding hydrogens is 396 g/mol. The third-order valence-corrected chi connectivity index (χ3v) is 4.63. The molecule has 10 heteroatoms. The van der Waals surface area contributed by atoms with Crippen LogP contribution in [0, 0.1) is 5.41 Å². The topological polar surface area (TPSA) is 114 Å². The molecule has 1 aliphatic heterocycles. The van der Waals surface area contributed by atoms with E-state index in [0.29, 0.717) is 6.42 Å². The third-order valence-electron chi connectivity index (χ3n) is 4.12. The van der Waals surface area contributed by atoms with Crippen LogP contribution in [0.15, 0.2) is 0 Å². The predicted molar refractivity (Wildman–Crippen MR) is 96.2 cm³/mol. The number of rotatable bonds is 9. The molecule has 1 aliphatic rings. The van der Waals surface area contributed by atoms with E-state index in [1.54, 1.807) is 13.8 Å². The van der Waals surface area contributed by atoms with Gasteiger partial charge in [0.25, 0.3) is 0 Å². The first-order chi connectivity index (χ1) is 12.9. The second kappa shape index (κ2) is 10.7. The summed E-state index contributed by atoms with van der Waals surface area (Å²) in [4.78, 5) is 45.5. The van der Waals surface area contributed by atoms with Crippen LogP contribution in [0.5, 0.6) is 0 Å². The molecule has 4 atom stereocenters. The summed E-state index contributed by atoms with van der Waals surface area (Å²) in [7, 11) is 0. The van der Waals surface area contributed by atoms with Gasteiger partial charge in [-0.25, -0.2) is 0 Å². The molecule has 1 saturated heterocycles. The molecule has 0 radical (unpaired) electrons. The Morgan fingerprint density at radius 3 is 2.14 bits per heavy atom. The van der Waals surface area contributed by atoms with Crippen LogP contribution in [0.4, 0.5) is 0 Å². The Kier molecular flexibility index (Phi) is 9.32. The summed E-state index contributed by atoms with van der Waals surface area (Å²) in [6.45, 7) is 6.99. The maximum absolute atomic E-state index is 11.5. The van der Waals surface area contributed by atoms with Gasteiger partial charge in [-0.1, -0.05) is 13.8 Å². The number of ether oxygens (including phenoxy) is 5. The Balaban J connectivity index is 2.86. The largest absolute Gasteiger partial charge is 0.463 e. The molecule has 160 valence electrons. The molecule has 0 aromatic carbocycles. The molecule has 0 aromatic heterocycles. The van der Waals surface area contributed by atoms with E-state index in [-0.39, 0.29) is 19.6 Å². The summed E-state index contributed by atoms with van der Waals surface area (Å²) < 4.78 is 26.9. The Hall–Kier alpha value is -1.71. The Labute approximate surface area is 168 Å². The number of halogens is 1. The lowest BCUT2D eigenvalue weighted by molar-refractivity contribution is -0.267. The molecule has 1 heterocycles. The van der Waals surface area contributed by atoms with Crippen molar-refractivity contribution >= 4 is 34.8 Å². The second-order valence-corrected chi connectivity index (χ2v) is 7.49. The average molecular weight is 423 g/mol. The smallest absolute Gasteiger partial charge is 0.303 e. The Bertz CT molecular complexity index is 590. The van der Waals surface area contributed by atoms with E-state index < -0.39 is 53.2 Å². The van der Waals surface area contributed by atoms with E-state index in [1.165, 1.54) is 20.8 Å². The standard InChI is InChI=1S/C18H27ClO9/c1-10(20)25-9-14-16(27-12(3)22)13(26-11(2)21)8-15(28-14)24-7-6-18(4,5)17(19)23/h13-16H,6-9H2,1-5H3. The van der Waals surface area contributed by atoms with Crippen LogP contribution in [0.2, 0.25) is 0 Å². The van der Waals surface area contributed by atoms with E-state index in [9.17, 15) is 19.2 Å². The lowest BCUT2D eigenvalue weighted by Crippen LogP contribution is -2.54. The predicted octanol–water partition coefficient (Wildman–Crippen LogP) is 1.73.